The number of anilines is 1. The van der Waals surface area contributed by atoms with E-state index in [1.807, 2.05) is 6.07 Å². The summed E-state index contributed by atoms with van der Waals surface area (Å²) >= 11 is 0. The number of rotatable bonds is 2. The van der Waals surface area contributed by atoms with Gasteiger partial charge in [0, 0.05) is 5.69 Å². The van der Waals surface area contributed by atoms with Crippen LogP contribution in [0.4, 0.5) is 5.69 Å². The van der Waals surface area contributed by atoms with Crippen LogP contribution in [-0.4, -0.2) is 11.1 Å². The number of aryl methyl sites for hydroxylation is 1. The van der Waals surface area contributed by atoms with E-state index in [4.69, 9.17) is 5.73 Å². The topological polar surface area (TPSA) is 63.3 Å². The lowest BCUT2D eigenvalue weighted by Gasteiger charge is -2.24. The molecule has 1 unspecified atom stereocenters. The average molecular weight is 259 g/mol. The second kappa shape index (κ2) is 4.87. The molecule has 3 N–H and O–H groups in total. The number of fused-ring (bicyclic) bond motifs is 1. The molecule has 0 bridgehead atoms. The van der Waals surface area contributed by atoms with Crippen LogP contribution in [0, 0.1) is 0 Å². The van der Waals surface area contributed by atoms with Crippen LogP contribution in [0.3, 0.4) is 0 Å². The third kappa shape index (κ3) is 2.22. The molecule has 102 valence electrons. The number of carbonyl (C=O) groups is 1. The van der Waals surface area contributed by atoms with Crippen molar-refractivity contribution in [3.05, 3.63) is 28.8 Å². The molecule has 19 heavy (non-hydrogen) atoms. The Kier molecular flexibility index (Phi) is 3.21. The number of benzene rings is 1. The molecule has 0 amide bonds. The molecule has 0 spiro atoms. The lowest BCUT2D eigenvalue weighted by Crippen LogP contribution is -2.11. The van der Waals surface area contributed by atoms with E-state index in [1.165, 1.54) is 43.2 Å². The van der Waals surface area contributed by atoms with Crippen LogP contribution in [0.15, 0.2) is 12.1 Å². The molecule has 0 aliphatic heterocycles. The second-order valence-corrected chi connectivity index (χ2v) is 5.94. The quantitative estimate of drug-likeness (QED) is 0.800. The van der Waals surface area contributed by atoms with Crippen molar-refractivity contribution in [3.63, 3.8) is 0 Å². The highest BCUT2D eigenvalue weighted by Gasteiger charge is 2.30. The minimum absolute atomic E-state index is 0.349. The molecule has 0 saturated heterocycles. The van der Waals surface area contributed by atoms with Gasteiger partial charge in [-0.15, -0.1) is 0 Å². The smallest absolute Gasteiger partial charge is 0.310 e. The van der Waals surface area contributed by atoms with Crippen molar-refractivity contribution in [1.82, 2.24) is 0 Å². The molecule has 3 heteroatoms. The van der Waals surface area contributed by atoms with Crippen LogP contribution in [0.1, 0.15) is 67.1 Å². The van der Waals surface area contributed by atoms with Gasteiger partial charge in [0.1, 0.15) is 0 Å². The van der Waals surface area contributed by atoms with Gasteiger partial charge in [-0.2, -0.15) is 0 Å². The molecular formula is C16H21NO2. The molecule has 2 aliphatic carbocycles. The first-order valence-electron chi connectivity index (χ1n) is 7.32. The number of nitrogen functional groups attached to an aromatic ring is 1. The summed E-state index contributed by atoms with van der Waals surface area (Å²) in [6.07, 6.45) is 7.97. The summed E-state index contributed by atoms with van der Waals surface area (Å²) in [5.74, 6) is -0.482. The third-order valence-electron chi connectivity index (χ3n) is 4.77. The van der Waals surface area contributed by atoms with Crippen molar-refractivity contribution in [2.24, 2.45) is 0 Å². The summed E-state index contributed by atoms with van der Waals surface area (Å²) in [6, 6.07) is 4.13. The number of carboxylic acids is 1. The van der Waals surface area contributed by atoms with Gasteiger partial charge in [-0.1, -0.05) is 25.3 Å². The maximum absolute atomic E-state index is 11.2. The molecule has 0 aromatic heterocycles. The van der Waals surface area contributed by atoms with E-state index >= 15 is 0 Å². The van der Waals surface area contributed by atoms with E-state index in [0.29, 0.717) is 5.92 Å². The van der Waals surface area contributed by atoms with Crippen molar-refractivity contribution in [2.75, 3.05) is 5.73 Å². The van der Waals surface area contributed by atoms with E-state index in [0.717, 1.165) is 24.1 Å². The van der Waals surface area contributed by atoms with Gasteiger partial charge in [0.15, 0.2) is 0 Å². The van der Waals surface area contributed by atoms with Gasteiger partial charge in [0.25, 0.3) is 0 Å². The Bertz CT molecular complexity index is 504. The first-order chi connectivity index (χ1) is 9.16. The Morgan fingerprint density at radius 2 is 1.84 bits per heavy atom. The minimum Gasteiger partial charge on any atom is -0.481 e. The van der Waals surface area contributed by atoms with Crippen molar-refractivity contribution in [2.45, 2.75) is 56.8 Å². The predicted octanol–water partition coefficient (Wildman–Crippen LogP) is 3.43. The summed E-state index contributed by atoms with van der Waals surface area (Å²) in [5.41, 5.74) is 10.4. The molecule has 0 radical (unpaired) electrons. The van der Waals surface area contributed by atoms with Crippen LogP contribution < -0.4 is 5.73 Å². The van der Waals surface area contributed by atoms with Crippen LogP contribution in [0.2, 0.25) is 0 Å². The Morgan fingerprint density at radius 1 is 1.11 bits per heavy atom. The molecule has 1 atom stereocenters. The Hall–Kier alpha value is -1.51. The lowest BCUT2D eigenvalue weighted by atomic mass is 9.82. The maximum atomic E-state index is 11.2. The first-order valence-corrected chi connectivity index (χ1v) is 7.32. The van der Waals surface area contributed by atoms with Gasteiger partial charge in [0.2, 0.25) is 0 Å². The standard InChI is InChI=1S/C16H21NO2/c17-15-9-13-11(6-7-12(13)16(18)19)8-14(15)10-4-2-1-3-5-10/h8-10,12H,1-7,17H2,(H,18,19). The molecule has 1 aromatic carbocycles. The number of nitrogens with two attached hydrogens (primary N) is 1. The minimum atomic E-state index is -0.719. The van der Waals surface area contributed by atoms with Crippen molar-refractivity contribution >= 4 is 11.7 Å². The van der Waals surface area contributed by atoms with Gasteiger partial charge in [-0.05, 0) is 54.4 Å². The predicted molar refractivity (Wildman–Crippen MR) is 75.4 cm³/mol. The molecule has 1 saturated carbocycles. The summed E-state index contributed by atoms with van der Waals surface area (Å²) in [4.78, 5) is 11.2. The van der Waals surface area contributed by atoms with E-state index < -0.39 is 5.97 Å². The zero-order valence-corrected chi connectivity index (χ0v) is 11.2. The fourth-order valence-electron chi connectivity index (χ4n) is 3.72. The van der Waals surface area contributed by atoms with Crippen molar-refractivity contribution in [3.8, 4) is 0 Å². The summed E-state index contributed by atoms with van der Waals surface area (Å²) in [7, 11) is 0. The van der Waals surface area contributed by atoms with Gasteiger partial charge < -0.3 is 10.8 Å². The monoisotopic (exact) mass is 259 g/mol. The summed E-state index contributed by atoms with van der Waals surface area (Å²) in [6.45, 7) is 0. The van der Waals surface area contributed by atoms with Gasteiger partial charge in [0.05, 0.1) is 5.92 Å². The highest BCUT2D eigenvalue weighted by Crippen LogP contribution is 2.41. The molecule has 0 heterocycles. The zero-order chi connectivity index (χ0) is 13.4. The zero-order valence-electron chi connectivity index (χ0n) is 11.2. The third-order valence-corrected chi connectivity index (χ3v) is 4.77. The molecule has 3 nitrogen and oxygen atoms in total. The highest BCUT2D eigenvalue weighted by molar-refractivity contribution is 5.79. The maximum Gasteiger partial charge on any atom is 0.310 e. The normalized spacial score (nSPS) is 23.3. The molecule has 2 aliphatic rings. The average Bonchev–Trinajstić information content (AvgIpc) is 2.81. The Balaban J connectivity index is 1.94. The Morgan fingerprint density at radius 3 is 2.53 bits per heavy atom. The van der Waals surface area contributed by atoms with Crippen LogP contribution in [-0.2, 0) is 11.2 Å². The molecule has 1 aromatic rings. The van der Waals surface area contributed by atoms with E-state index in [-0.39, 0.29) is 5.92 Å². The van der Waals surface area contributed by atoms with E-state index in [1.54, 1.807) is 0 Å². The lowest BCUT2D eigenvalue weighted by molar-refractivity contribution is -0.138. The molecule has 1 fully saturated rings. The van der Waals surface area contributed by atoms with Crippen LogP contribution >= 0.6 is 0 Å². The van der Waals surface area contributed by atoms with E-state index in [2.05, 4.69) is 6.07 Å². The fourth-order valence-corrected chi connectivity index (χ4v) is 3.72. The Labute approximate surface area is 113 Å². The number of aliphatic carboxylic acids is 1. The summed E-state index contributed by atoms with van der Waals surface area (Å²) < 4.78 is 0. The second-order valence-electron chi connectivity index (χ2n) is 5.94. The summed E-state index contributed by atoms with van der Waals surface area (Å²) in [5, 5.41) is 9.23. The largest absolute Gasteiger partial charge is 0.481 e. The highest BCUT2D eigenvalue weighted by atomic mass is 16.4. The van der Waals surface area contributed by atoms with Crippen molar-refractivity contribution in [1.29, 1.82) is 0 Å². The van der Waals surface area contributed by atoms with E-state index in [9.17, 15) is 9.90 Å². The van der Waals surface area contributed by atoms with Crippen LogP contribution in [0.25, 0.3) is 0 Å². The molecule has 3 rings (SSSR count). The van der Waals surface area contributed by atoms with Crippen LogP contribution in [0.5, 0.6) is 0 Å². The van der Waals surface area contributed by atoms with Gasteiger partial charge in [-0.3, -0.25) is 4.79 Å². The number of carboxylic acid groups (broad SMARTS) is 1. The van der Waals surface area contributed by atoms with Gasteiger partial charge in [-0.25, -0.2) is 0 Å². The fraction of sp³-hybridized carbons (Fsp3) is 0.562. The first kappa shape index (κ1) is 12.5. The molecular weight excluding hydrogens is 238 g/mol. The van der Waals surface area contributed by atoms with Crippen molar-refractivity contribution < 1.29 is 9.90 Å². The number of hydrogen-bond donors (Lipinski definition) is 2. The SMILES string of the molecule is Nc1cc2c(cc1C1CCCCC1)CCC2C(=O)O. The van der Waals surface area contributed by atoms with Gasteiger partial charge >= 0.3 is 5.97 Å². The number of hydrogen-bond acceptors (Lipinski definition) is 2.